The lowest BCUT2D eigenvalue weighted by Crippen LogP contribution is -2.46. The highest BCUT2D eigenvalue weighted by Gasteiger charge is 2.46. The van der Waals surface area contributed by atoms with Crippen molar-refractivity contribution < 1.29 is 23.9 Å². The van der Waals surface area contributed by atoms with E-state index in [4.69, 9.17) is 9.47 Å². The fourth-order valence-corrected chi connectivity index (χ4v) is 3.74. The zero-order chi connectivity index (χ0) is 19.7. The summed E-state index contributed by atoms with van der Waals surface area (Å²) in [4.78, 5) is 38.9. The van der Waals surface area contributed by atoms with Gasteiger partial charge in [-0.05, 0) is 18.6 Å². The van der Waals surface area contributed by atoms with E-state index < -0.39 is 18.2 Å². The molecule has 1 N–H and O–H groups in total. The minimum atomic E-state index is -0.860. The van der Waals surface area contributed by atoms with Gasteiger partial charge >= 0.3 is 5.97 Å². The molecular weight excluding hydrogens is 360 g/mol. The van der Waals surface area contributed by atoms with Crippen molar-refractivity contribution in [3.63, 3.8) is 0 Å². The number of ether oxygens (including phenoxy) is 2. The van der Waals surface area contributed by atoms with E-state index in [2.05, 4.69) is 5.32 Å². The fourth-order valence-electron chi connectivity index (χ4n) is 3.74. The predicted molar refractivity (Wildman–Crippen MR) is 99.3 cm³/mol. The quantitative estimate of drug-likeness (QED) is 0.804. The Kier molecular flexibility index (Phi) is 4.73. The van der Waals surface area contributed by atoms with Gasteiger partial charge in [0.15, 0.2) is 0 Å². The highest BCUT2D eigenvalue weighted by Crippen LogP contribution is 2.38. The molecule has 4 rings (SSSR count). The van der Waals surface area contributed by atoms with Crippen molar-refractivity contribution in [3.8, 4) is 5.75 Å². The van der Waals surface area contributed by atoms with Crippen LogP contribution in [0.2, 0.25) is 0 Å². The molecule has 0 aromatic heterocycles. The molecule has 1 saturated heterocycles. The zero-order valence-corrected chi connectivity index (χ0v) is 15.4. The summed E-state index contributed by atoms with van der Waals surface area (Å²) in [6.45, 7) is 0.280. The Morgan fingerprint density at radius 2 is 1.93 bits per heavy atom. The molecule has 0 bridgehead atoms. The highest BCUT2D eigenvalue weighted by molar-refractivity contribution is 5.96. The second kappa shape index (κ2) is 7.34. The topological polar surface area (TPSA) is 84.9 Å². The van der Waals surface area contributed by atoms with Gasteiger partial charge in [-0.15, -0.1) is 0 Å². The van der Waals surface area contributed by atoms with Crippen LogP contribution in [0.5, 0.6) is 5.75 Å². The molecule has 2 atom stereocenters. The van der Waals surface area contributed by atoms with Gasteiger partial charge in [0.25, 0.3) is 0 Å². The van der Waals surface area contributed by atoms with Crippen LogP contribution in [0.3, 0.4) is 0 Å². The molecule has 0 radical (unpaired) electrons. The van der Waals surface area contributed by atoms with Gasteiger partial charge in [0.05, 0.1) is 12.7 Å². The maximum atomic E-state index is 12.8. The summed E-state index contributed by atoms with van der Waals surface area (Å²) < 4.78 is 10.7. The number of benzene rings is 2. The minimum Gasteiger partial charge on any atom is -0.496 e. The monoisotopic (exact) mass is 380 g/mol. The number of amides is 2. The third-order valence-electron chi connectivity index (χ3n) is 5.12. The smallest absolute Gasteiger partial charge is 0.340 e. The Bertz CT molecular complexity index is 942. The van der Waals surface area contributed by atoms with E-state index >= 15 is 0 Å². The van der Waals surface area contributed by atoms with E-state index in [0.29, 0.717) is 23.3 Å². The number of nitrogens with one attached hydrogen (secondary N) is 1. The van der Waals surface area contributed by atoms with E-state index in [1.807, 2.05) is 24.3 Å². The summed E-state index contributed by atoms with van der Waals surface area (Å²) in [6, 6.07) is 13.7. The first-order valence-electron chi connectivity index (χ1n) is 9.11. The first-order valence-corrected chi connectivity index (χ1v) is 9.11. The molecule has 2 aliphatic heterocycles. The number of nitrogens with zero attached hydrogens (tertiary/aromatic N) is 1. The molecular formula is C21H20N2O5. The summed E-state index contributed by atoms with van der Waals surface area (Å²) in [5.74, 6) is -0.279. The second-order valence-corrected chi connectivity index (χ2v) is 6.73. The maximum absolute atomic E-state index is 12.8. The number of likely N-dealkylation sites (tertiary alicyclic amines) is 1. The normalized spacial score (nSPS) is 20.7. The highest BCUT2D eigenvalue weighted by atomic mass is 16.6. The first-order chi connectivity index (χ1) is 13.6. The standard InChI is InChI=1S/C21H20N2O5/c1-27-17-9-5-2-6-13(17)12-22-19(25)16-10-11-18(24)23(16)20-14-7-3-4-8-15(14)21(26)28-20/h2-9,16,20H,10-12H2,1H3,(H,22,25)/t16-,20-/m1/s1. The SMILES string of the molecule is COc1ccccc1CNC(=O)[C@H]1CCC(=O)N1[C@@H]1OC(=O)c2ccccc21. The molecule has 0 unspecified atom stereocenters. The van der Waals surface area contributed by atoms with Gasteiger partial charge in [-0.1, -0.05) is 36.4 Å². The van der Waals surface area contributed by atoms with Crippen LogP contribution < -0.4 is 10.1 Å². The summed E-state index contributed by atoms with van der Waals surface area (Å²) in [5, 5.41) is 2.87. The largest absolute Gasteiger partial charge is 0.496 e. The van der Waals surface area contributed by atoms with Crippen molar-refractivity contribution in [2.45, 2.75) is 31.7 Å². The van der Waals surface area contributed by atoms with Crippen molar-refractivity contribution >= 4 is 17.8 Å². The van der Waals surface area contributed by atoms with E-state index in [-0.39, 0.29) is 24.8 Å². The Balaban J connectivity index is 1.52. The fraction of sp³-hybridized carbons (Fsp3) is 0.286. The van der Waals surface area contributed by atoms with Crippen molar-refractivity contribution in [2.24, 2.45) is 0 Å². The van der Waals surface area contributed by atoms with Crippen LogP contribution in [0.15, 0.2) is 48.5 Å². The molecule has 2 aliphatic rings. The van der Waals surface area contributed by atoms with Crippen molar-refractivity contribution in [3.05, 3.63) is 65.2 Å². The second-order valence-electron chi connectivity index (χ2n) is 6.73. The molecule has 2 amide bonds. The number of hydrogen-bond donors (Lipinski definition) is 1. The minimum absolute atomic E-state index is 0.202. The van der Waals surface area contributed by atoms with Crippen LogP contribution in [0.25, 0.3) is 0 Å². The third-order valence-corrected chi connectivity index (χ3v) is 5.12. The number of carbonyl (C=O) groups is 3. The molecule has 7 nitrogen and oxygen atoms in total. The number of hydrogen-bond acceptors (Lipinski definition) is 5. The van der Waals surface area contributed by atoms with E-state index in [1.54, 1.807) is 31.4 Å². The Morgan fingerprint density at radius 1 is 1.18 bits per heavy atom. The zero-order valence-electron chi connectivity index (χ0n) is 15.4. The van der Waals surface area contributed by atoms with Crippen molar-refractivity contribution in [1.29, 1.82) is 0 Å². The predicted octanol–water partition coefficient (Wildman–Crippen LogP) is 2.17. The number of fused-ring (bicyclic) bond motifs is 1. The van der Waals surface area contributed by atoms with Crippen LogP contribution in [0.1, 0.15) is 40.6 Å². The van der Waals surface area contributed by atoms with Gasteiger partial charge in [0.2, 0.25) is 18.0 Å². The molecule has 0 aliphatic carbocycles. The average Bonchev–Trinajstić information content (AvgIpc) is 3.26. The van der Waals surface area contributed by atoms with Crippen LogP contribution in [-0.4, -0.2) is 35.8 Å². The van der Waals surface area contributed by atoms with E-state index in [1.165, 1.54) is 4.90 Å². The maximum Gasteiger partial charge on any atom is 0.340 e. The van der Waals surface area contributed by atoms with E-state index in [0.717, 1.165) is 5.56 Å². The number of rotatable bonds is 5. The van der Waals surface area contributed by atoms with Crippen LogP contribution in [-0.2, 0) is 20.9 Å². The summed E-state index contributed by atoms with van der Waals surface area (Å²) in [7, 11) is 1.57. The molecule has 2 heterocycles. The number of methoxy groups -OCH3 is 1. The van der Waals surface area contributed by atoms with E-state index in [9.17, 15) is 14.4 Å². The summed E-state index contributed by atoms with van der Waals surface area (Å²) in [6.07, 6.45) is -0.240. The number of para-hydroxylation sites is 1. The van der Waals surface area contributed by atoms with Crippen molar-refractivity contribution in [2.75, 3.05) is 7.11 Å². The third kappa shape index (κ3) is 3.09. The molecule has 7 heteroatoms. The molecule has 1 fully saturated rings. The van der Waals surface area contributed by atoms with Gasteiger partial charge in [0, 0.05) is 24.1 Å². The molecule has 28 heavy (non-hydrogen) atoms. The van der Waals surface area contributed by atoms with Gasteiger partial charge in [-0.2, -0.15) is 0 Å². The van der Waals surface area contributed by atoms with Crippen LogP contribution in [0, 0.1) is 0 Å². The molecule has 144 valence electrons. The lowest BCUT2D eigenvalue weighted by atomic mass is 10.1. The lowest BCUT2D eigenvalue weighted by Gasteiger charge is -2.29. The van der Waals surface area contributed by atoms with Gasteiger partial charge in [-0.25, -0.2) is 4.79 Å². The molecule has 2 aromatic carbocycles. The summed E-state index contributed by atoms with van der Waals surface area (Å²) >= 11 is 0. The first kappa shape index (κ1) is 18.0. The Labute approximate surface area is 162 Å². The van der Waals surface area contributed by atoms with Crippen molar-refractivity contribution in [1.82, 2.24) is 10.2 Å². The van der Waals surface area contributed by atoms with Gasteiger partial charge in [0.1, 0.15) is 11.8 Å². The van der Waals surface area contributed by atoms with Crippen LogP contribution in [0.4, 0.5) is 0 Å². The number of cyclic esters (lactones) is 1. The van der Waals surface area contributed by atoms with Gasteiger partial charge < -0.3 is 14.8 Å². The number of esters is 1. The average molecular weight is 380 g/mol. The number of carbonyl (C=O) groups excluding carboxylic acids is 3. The van der Waals surface area contributed by atoms with Gasteiger partial charge in [-0.3, -0.25) is 14.5 Å². The molecule has 0 spiro atoms. The molecule has 0 saturated carbocycles. The summed E-state index contributed by atoms with van der Waals surface area (Å²) in [5.41, 5.74) is 1.89. The Hall–Kier alpha value is -3.35. The Morgan fingerprint density at radius 3 is 2.75 bits per heavy atom. The van der Waals surface area contributed by atoms with Crippen LogP contribution >= 0.6 is 0 Å². The lowest BCUT2D eigenvalue weighted by molar-refractivity contribution is -0.145. The molecule has 2 aromatic rings.